The van der Waals surface area contributed by atoms with Crippen LogP contribution in [0.1, 0.15) is 26.2 Å². The molecule has 0 bridgehead atoms. The summed E-state index contributed by atoms with van der Waals surface area (Å²) in [5, 5.41) is 2.63. The lowest BCUT2D eigenvalue weighted by Gasteiger charge is -2.07. The number of nitrogens with one attached hydrogen (secondary N) is 1. The van der Waals surface area contributed by atoms with Gasteiger partial charge in [-0.05, 0) is 24.6 Å². The van der Waals surface area contributed by atoms with Crippen LogP contribution in [0.15, 0.2) is 18.2 Å². The highest BCUT2D eigenvalue weighted by Gasteiger charge is 2.04. The van der Waals surface area contributed by atoms with Crippen LogP contribution >= 0.6 is 0 Å². The molecule has 0 aliphatic carbocycles. The fraction of sp³-hybridized carbons (Fsp3) is 0.533. The summed E-state index contributed by atoms with van der Waals surface area (Å²) in [6, 6.07) is 4.07. The predicted molar refractivity (Wildman–Crippen MR) is 80.6 cm³/mol. The van der Waals surface area contributed by atoms with E-state index in [1.54, 1.807) is 0 Å². The Morgan fingerprint density at radius 1 is 1.24 bits per heavy atom. The van der Waals surface area contributed by atoms with E-state index in [9.17, 15) is 9.18 Å². The quantitative estimate of drug-likeness (QED) is 0.514. The standard InChI is InChI=1S/C15H23FN2O3/c1-2-3-7-20-9-10-21-8-6-15(19)18-12-4-5-13(16)14(17)11-12/h4-5,11H,2-3,6-10,17H2,1H3,(H,18,19). The van der Waals surface area contributed by atoms with Crippen LogP contribution in [0, 0.1) is 5.82 Å². The number of benzene rings is 1. The van der Waals surface area contributed by atoms with Gasteiger partial charge in [-0.2, -0.15) is 0 Å². The number of halogens is 1. The van der Waals surface area contributed by atoms with Gasteiger partial charge in [0.2, 0.25) is 5.91 Å². The number of carbonyl (C=O) groups excluding carboxylic acids is 1. The van der Waals surface area contributed by atoms with Crippen LogP contribution in [0.5, 0.6) is 0 Å². The Hall–Kier alpha value is -1.66. The molecule has 118 valence electrons. The van der Waals surface area contributed by atoms with Crippen LogP contribution in [-0.2, 0) is 14.3 Å². The van der Waals surface area contributed by atoms with Crippen molar-refractivity contribution >= 4 is 17.3 Å². The molecule has 1 aromatic carbocycles. The SMILES string of the molecule is CCCCOCCOCCC(=O)Nc1ccc(F)c(N)c1. The van der Waals surface area contributed by atoms with Crippen molar-refractivity contribution in [2.75, 3.05) is 37.5 Å². The maximum Gasteiger partial charge on any atom is 0.226 e. The number of anilines is 2. The molecule has 0 aromatic heterocycles. The molecule has 0 atom stereocenters. The van der Waals surface area contributed by atoms with Crippen LogP contribution in [-0.4, -0.2) is 32.3 Å². The molecule has 0 radical (unpaired) electrons. The molecule has 0 fully saturated rings. The molecule has 0 aliphatic rings. The second-order valence-corrected chi connectivity index (χ2v) is 4.61. The van der Waals surface area contributed by atoms with Gasteiger partial charge in [0, 0.05) is 12.3 Å². The first-order chi connectivity index (χ1) is 10.1. The molecule has 6 heteroatoms. The molecule has 1 rings (SSSR count). The van der Waals surface area contributed by atoms with Gasteiger partial charge in [0.1, 0.15) is 5.82 Å². The molecule has 1 aromatic rings. The third-order valence-corrected chi connectivity index (χ3v) is 2.77. The number of hydrogen-bond acceptors (Lipinski definition) is 4. The minimum absolute atomic E-state index is 0.00766. The third-order valence-electron chi connectivity index (χ3n) is 2.77. The smallest absolute Gasteiger partial charge is 0.226 e. The predicted octanol–water partition coefficient (Wildman–Crippen LogP) is 2.57. The maximum absolute atomic E-state index is 13.0. The van der Waals surface area contributed by atoms with Gasteiger partial charge in [-0.15, -0.1) is 0 Å². The van der Waals surface area contributed by atoms with E-state index in [4.69, 9.17) is 15.2 Å². The Morgan fingerprint density at radius 3 is 2.62 bits per heavy atom. The van der Waals surface area contributed by atoms with Crippen molar-refractivity contribution in [3.8, 4) is 0 Å². The van der Waals surface area contributed by atoms with Crippen LogP contribution in [0.2, 0.25) is 0 Å². The van der Waals surface area contributed by atoms with Gasteiger partial charge in [0.15, 0.2) is 0 Å². The number of amides is 1. The van der Waals surface area contributed by atoms with Crippen LogP contribution in [0.4, 0.5) is 15.8 Å². The highest BCUT2D eigenvalue weighted by molar-refractivity contribution is 5.91. The first-order valence-corrected chi connectivity index (χ1v) is 7.14. The summed E-state index contributed by atoms with van der Waals surface area (Å²) < 4.78 is 23.6. The van der Waals surface area contributed by atoms with E-state index in [1.807, 2.05) is 0 Å². The van der Waals surface area contributed by atoms with Crippen LogP contribution in [0.3, 0.4) is 0 Å². The van der Waals surface area contributed by atoms with E-state index in [1.165, 1.54) is 18.2 Å². The normalized spacial score (nSPS) is 10.6. The van der Waals surface area contributed by atoms with Crippen LogP contribution in [0.25, 0.3) is 0 Å². The summed E-state index contributed by atoms with van der Waals surface area (Å²) in [6.07, 6.45) is 2.38. The molecule has 0 spiro atoms. The molecule has 0 saturated heterocycles. The van der Waals surface area contributed by atoms with Crippen molar-refractivity contribution < 1.29 is 18.7 Å². The Balaban J connectivity index is 2.10. The second-order valence-electron chi connectivity index (χ2n) is 4.61. The highest BCUT2D eigenvalue weighted by atomic mass is 19.1. The lowest BCUT2D eigenvalue weighted by atomic mass is 10.2. The van der Waals surface area contributed by atoms with Crippen molar-refractivity contribution in [1.82, 2.24) is 0 Å². The average Bonchev–Trinajstić information content (AvgIpc) is 2.46. The van der Waals surface area contributed by atoms with Gasteiger partial charge in [0.25, 0.3) is 0 Å². The number of ether oxygens (including phenoxy) is 2. The Labute approximate surface area is 124 Å². The topological polar surface area (TPSA) is 73.6 Å². The summed E-state index contributed by atoms with van der Waals surface area (Å²) in [5.41, 5.74) is 5.90. The summed E-state index contributed by atoms with van der Waals surface area (Å²) in [7, 11) is 0. The van der Waals surface area contributed by atoms with Gasteiger partial charge in [-0.3, -0.25) is 4.79 Å². The average molecular weight is 298 g/mol. The zero-order valence-corrected chi connectivity index (χ0v) is 12.4. The third kappa shape index (κ3) is 7.63. The number of unbranched alkanes of at least 4 members (excludes halogenated alkanes) is 1. The minimum Gasteiger partial charge on any atom is -0.396 e. The van der Waals surface area contributed by atoms with Crippen molar-refractivity contribution in [3.05, 3.63) is 24.0 Å². The Kier molecular flexibility index (Phi) is 8.38. The van der Waals surface area contributed by atoms with E-state index in [-0.39, 0.29) is 18.0 Å². The molecule has 0 unspecified atom stereocenters. The number of rotatable bonds is 10. The van der Waals surface area contributed by atoms with Crippen molar-refractivity contribution in [2.24, 2.45) is 0 Å². The first kappa shape index (κ1) is 17.4. The zero-order valence-electron chi connectivity index (χ0n) is 12.4. The fourth-order valence-electron chi connectivity index (χ4n) is 1.58. The van der Waals surface area contributed by atoms with Gasteiger partial charge in [-0.1, -0.05) is 13.3 Å². The Morgan fingerprint density at radius 2 is 1.95 bits per heavy atom. The van der Waals surface area contributed by atoms with Crippen molar-refractivity contribution in [1.29, 1.82) is 0 Å². The van der Waals surface area contributed by atoms with E-state index in [0.29, 0.717) is 25.5 Å². The van der Waals surface area contributed by atoms with E-state index >= 15 is 0 Å². The number of nitrogens with two attached hydrogens (primary N) is 1. The van der Waals surface area contributed by atoms with Crippen LogP contribution < -0.4 is 11.1 Å². The summed E-state index contributed by atoms with van der Waals surface area (Å²) in [5.74, 6) is -0.702. The molecule has 5 nitrogen and oxygen atoms in total. The monoisotopic (exact) mass is 298 g/mol. The summed E-state index contributed by atoms with van der Waals surface area (Å²) in [6.45, 7) is 4.18. The molecule has 0 heterocycles. The van der Waals surface area contributed by atoms with E-state index < -0.39 is 5.82 Å². The highest BCUT2D eigenvalue weighted by Crippen LogP contribution is 2.16. The minimum atomic E-state index is -0.501. The second kappa shape index (κ2) is 10.1. The van der Waals surface area contributed by atoms with Crippen molar-refractivity contribution in [3.63, 3.8) is 0 Å². The largest absolute Gasteiger partial charge is 0.396 e. The van der Waals surface area contributed by atoms with E-state index in [0.717, 1.165) is 19.4 Å². The van der Waals surface area contributed by atoms with Gasteiger partial charge < -0.3 is 20.5 Å². The molecule has 0 saturated carbocycles. The van der Waals surface area contributed by atoms with E-state index in [2.05, 4.69) is 12.2 Å². The maximum atomic E-state index is 13.0. The molecular formula is C15H23FN2O3. The number of carbonyl (C=O) groups is 1. The first-order valence-electron chi connectivity index (χ1n) is 7.14. The molecule has 1 amide bonds. The molecule has 3 N–H and O–H groups in total. The lowest BCUT2D eigenvalue weighted by molar-refractivity contribution is -0.117. The van der Waals surface area contributed by atoms with Gasteiger partial charge >= 0.3 is 0 Å². The molecule has 0 aliphatic heterocycles. The molecular weight excluding hydrogens is 275 g/mol. The van der Waals surface area contributed by atoms with Gasteiger partial charge in [0.05, 0.1) is 31.9 Å². The Bertz CT molecular complexity index is 441. The fourth-order valence-corrected chi connectivity index (χ4v) is 1.58. The lowest BCUT2D eigenvalue weighted by Crippen LogP contribution is -2.15. The number of hydrogen-bond donors (Lipinski definition) is 2. The number of nitrogen functional groups attached to an aromatic ring is 1. The van der Waals surface area contributed by atoms with Gasteiger partial charge in [-0.25, -0.2) is 4.39 Å². The molecule has 21 heavy (non-hydrogen) atoms. The zero-order chi connectivity index (χ0) is 15.5. The summed E-state index contributed by atoms with van der Waals surface area (Å²) >= 11 is 0. The summed E-state index contributed by atoms with van der Waals surface area (Å²) in [4.78, 5) is 11.6. The van der Waals surface area contributed by atoms with Crippen molar-refractivity contribution in [2.45, 2.75) is 26.2 Å².